The van der Waals surface area contributed by atoms with Gasteiger partial charge in [0.1, 0.15) is 0 Å². The summed E-state index contributed by atoms with van der Waals surface area (Å²) < 4.78 is 0. The molecule has 0 radical (unpaired) electrons. The minimum Gasteiger partial charge on any atom is -0.369 e. The maximum absolute atomic E-state index is 5.86. The van der Waals surface area contributed by atoms with E-state index < -0.39 is 0 Å². The monoisotopic (exact) mass is 247 g/mol. The van der Waals surface area contributed by atoms with Crippen LogP contribution in [0.4, 0.5) is 5.69 Å². The Morgan fingerprint density at radius 1 is 1.17 bits per heavy atom. The first-order valence-corrected chi connectivity index (χ1v) is 6.90. The van der Waals surface area contributed by atoms with E-state index in [1.807, 2.05) is 0 Å². The maximum atomic E-state index is 5.86. The van der Waals surface area contributed by atoms with Crippen LogP contribution in [0.5, 0.6) is 0 Å². The zero-order chi connectivity index (χ0) is 13.1. The van der Waals surface area contributed by atoms with E-state index in [2.05, 4.69) is 48.8 Å². The smallest absolute Gasteiger partial charge is 0.0412 e. The molecule has 0 aliphatic carbocycles. The summed E-state index contributed by atoms with van der Waals surface area (Å²) in [6, 6.07) is 7.27. The van der Waals surface area contributed by atoms with Gasteiger partial charge in [-0.1, -0.05) is 17.7 Å². The molecular weight excluding hydrogens is 222 g/mol. The number of hydrogen-bond donors (Lipinski definition) is 1. The third-order valence-corrected chi connectivity index (χ3v) is 3.84. The minimum absolute atomic E-state index is 0.626. The predicted molar refractivity (Wildman–Crippen MR) is 78.0 cm³/mol. The lowest BCUT2D eigenvalue weighted by Crippen LogP contribution is -2.49. The molecule has 3 heteroatoms. The quantitative estimate of drug-likeness (QED) is 0.886. The van der Waals surface area contributed by atoms with E-state index in [4.69, 9.17) is 5.73 Å². The number of nitrogens with zero attached hydrogens (tertiary/aromatic N) is 2. The van der Waals surface area contributed by atoms with Gasteiger partial charge < -0.3 is 10.6 Å². The number of hydrogen-bond acceptors (Lipinski definition) is 3. The molecule has 18 heavy (non-hydrogen) atoms. The van der Waals surface area contributed by atoms with Crippen LogP contribution >= 0.6 is 0 Å². The summed E-state index contributed by atoms with van der Waals surface area (Å²) >= 11 is 0. The molecule has 1 heterocycles. The molecule has 0 bridgehead atoms. The highest BCUT2D eigenvalue weighted by Crippen LogP contribution is 2.23. The molecular formula is C15H25N3. The van der Waals surface area contributed by atoms with Gasteiger partial charge in [0, 0.05) is 44.5 Å². The van der Waals surface area contributed by atoms with Crippen LogP contribution in [-0.2, 0) is 6.54 Å². The van der Waals surface area contributed by atoms with Crippen molar-refractivity contribution in [3.63, 3.8) is 0 Å². The van der Waals surface area contributed by atoms with Crippen molar-refractivity contribution in [3.05, 3.63) is 29.3 Å². The lowest BCUT2D eigenvalue weighted by atomic mass is 10.1. The molecule has 1 fully saturated rings. The topological polar surface area (TPSA) is 32.5 Å². The van der Waals surface area contributed by atoms with Gasteiger partial charge in [0.2, 0.25) is 0 Å². The zero-order valence-electron chi connectivity index (χ0n) is 11.8. The Kier molecular flexibility index (Phi) is 4.25. The van der Waals surface area contributed by atoms with Gasteiger partial charge in [0.25, 0.3) is 0 Å². The first-order chi connectivity index (χ1) is 8.61. The van der Waals surface area contributed by atoms with E-state index in [0.717, 1.165) is 26.2 Å². The zero-order valence-corrected chi connectivity index (χ0v) is 11.8. The Balaban J connectivity index is 2.09. The lowest BCUT2D eigenvalue weighted by molar-refractivity contribution is 0.209. The molecule has 1 aliphatic heterocycles. The van der Waals surface area contributed by atoms with Crippen molar-refractivity contribution in [3.8, 4) is 0 Å². The second-order valence-corrected chi connectivity index (χ2v) is 5.45. The normalized spacial score (nSPS) is 17.5. The minimum atomic E-state index is 0.626. The van der Waals surface area contributed by atoms with Crippen LogP contribution in [0.2, 0.25) is 0 Å². The molecule has 0 amide bonds. The van der Waals surface area contributed by atoms with Crippen molar-refractivity contribution in [2.45, 2.75) is 33.4 Å². The number of nitrogens with two attached hydrogens (primary N) is 1. The fourth-order valence-corrected chi connectivity index (χ4v) is 2.67. The van der Waals surface area contributed by atoms with Crippen LogP contribution in [0, 0.1) is 6.92 Å². The van der Waals surface area contributed by atoms with Gasteiger partial charge in [-0.25, -0.2) is 0 Å². The molecule has 2 N–H and O–H groups in total. The van der Waals surface area contributed by atoms with Crippen molar-refractivity contribution in [1.82, 2.24) is 4.90 Å². The van der Waals surface area contributed by atoms with Gasteiger partial charge in [-0.15, -0.1) is 0 Å². The summed E-state index contributed by atoms with van der Waals surface area (Å²) in [6.07, 6.45) is 0. The molecule has 0 aromatic heterocycles. The molecule has 3 nitrogen and oxygen atoms in total. The lowest BCUT2D eigenvalue weighted by Gasteiger charge is -2.38. The van der Waals surface area contributed by atoms with Crippen molar-refractivity contribution in [1.29, 1.82) is 0 Å². The van der Waals surface area contributed by atoms with Crippen molar-refractivity contribution in [2.75, 3.05) is 31.1 Å². The molecule has 1 aromatic rings. The van der Waals surface area contributed by atoms with E-state index in [0.29, 0.717) is 12.6 Å². The Morgan fingerprint density at radius 2 is 1.83 bits per heavy atom. The van der Waals surface area contributed by atoms with E-state index >= 15 is 0 Å². The number of anilines is 1. The average molecular weight is 247 g/mol. The predicted octanol–water partition coefficient (Wildman–Crippen LogP) is 1.98. The van der Waals surface area contributed by atoms with E-state index in [1.165, 1.54) is 16.8 Å². The molecule has 0 spiro atoms. The Bertz CT molecular complexity index is 393. The largest absolute Gasteiger partial charge is 0.369 e. The number of aryl methyl sites for hydroxylation is 1. The standard InChI is InChI=1S/C15H25N3/c1-12(2)17-6-8-18(9-7-17)15-5-4-13(3)10-14(15)11-16/h4-5,10,12H,6-9,11,16H2,1-3H3. The first-order valence-electron chi connectivity index (χ1n) is 6.90. The van der Waals surface area contributed by atoms with Gasteiger partial charge in [-0.05, 0) is 32.4 Å². The third kappa shape index (κ3) is 2.85. The van der Waals surface area contributed by atoms with Gasteiger partial charge in [0.05, 0.1) is 0 Å². The van der Waals surface area contributed by atoms with Gasteiger partial charge >= 0.3 is 0 Å². The highest BCUT2D eigenvalue weighted by Gasteiger charge is 2.20. The summed E-state index contributed by atoms with van der Waals surface area (Å²) in [5.74, 6) is 0. The average Bonchev–Trinajstić information content (AvgIpc) is 2.38. The third-order valence-electron chi connectivity index (χ3n) is 3.84. The molecule has 2 rings (SSSR count). The summed E-state index contributed by atoms with van der Waals surface area (Å²) in [7, 11) is 0. The van der Waals surface area contributed by atoms with E-state index in [1.54, 1.807) is 0 Å². The van der Waals surface area contributed by atoms with Crippen LogP contribution in [0.3, 0.4) is 0 Å². The SMILES string of the molecule is Cc1ccc(N2CCN(C(C)C)CC2)c(CN)c1. The second-order valence-electron chi connectivity index (χ2n) is 5.45. The highest BCUT2D eigenvalue weighted by molar-refractivity contribution is 5.55. The van der Waals surface area contributed by atoms with Crippen LogP contribution in [0.25, 0.3) is 0 Å². The molecule has 1 saturated heterocycles. The van der Waals surface area contributed by atoms with Crippen molar-refractivity contribution >= 4 is 5.69 Å². The first kappa shape index (κ1) is 13.4. The van der Waals surface area contributed by atoms with Crippen LogP contribution in [0.15, 0.2) is 18.2 Å². The van der Waals surface area contributed by atoms with Crippen LogP contribution in [-0.4, -0.2) is 37.1 Å². The number of benzene rings is 1. The van der Waals surface area contributed by atoms with Gasteiger partial charge in [-0.2, -0.15) is 0 Å². The Morgan fingerprint density at radius 3 is 2.39 bits per heavy atom. The Hall–Kier alpha value is -1.06. The fourth-order valence-electron chi connectivity index (χ4n) is 2.67. The Labute approximate surface area is 111 Å². The van der Waals surface area contributed by atoms with Crippen molar-refractivity contribution in [2.24, 2.45) is 5.73 Å². The van der Waals surface area contributed by atoms with E-state index in [9.17, 15) is 0 Å². The molecule has 0 unspecified atom stereocenters. The summed E-state index contributed by atoms with van der Waals surface area (Å²) in [4.78, 5) is 5.01. The molecule has 1 aliphatic rings. The van der Waals surface area contributed by atoms with Crippen molar-refractivity contribution < 1.29 is 0 Å². The summed E-state index contributed by atoms with van der Waals surface area (Å²) in [5.41, 5.74) is 9.75. The molecule has 1 aromatic carbocycles. The van der Waals surface area contributed by atoms with Crippen LogP contribution in [0.1, 0.15) is 25.0 Å². The fraction of sp³-hybridized carbons (Fsp3) is 0.600. The number of rotatable bonds is 3. The number of piperazine rings is 1. The summed E-state index contributed by atoms with van der Waals surface area (Å²) in [6.45, 7) is 11.8. The molecule has 0 saturated carbocycles. The maximum Gasteiger partial charge on any atom is 0.0412 e. The van der Waals surface area contributed by atoms with Crippen LogP contribution < -0.4 is 10.6 Å². The molecule has 100 valence electrons. The van der Waals surface area contributed by atoms with E-state index in [-0.39, 0.29) is 0 Å². The molecule has 0 atom stereocenters. The highest BCUT2D eigenvalue weighted by atomic mass is 15.3. The second kappa shape index (κ2) is 5.72. The summed E-state index contributed by atoms with van der Waals surface area (Å²) in [5, 5.41) is 0. The van der Waals surface area contributed by atoms with Gasteiger partial charge in [0.15, 0.2) is 0 Å². The van der Waals surface area contributed by atoms with Gasteiger partial charge in [-0.3, -0.25) is 4.90 Å².